The highest BCUT2D eigenvalue weighted by molar-refractivity contribution is 5.97. The second-order valence-corrected chi connectivity index (χ2v) is 5.72. The number of carbonyl (C=O) groups is 1. The summed E-state index contributed by atoms with van der Waals surface area (Å²) in [4.78, 5) is 16.3. The summed E-state index contributed by atoms with van der Waals surface area (Å²) < 4.78 is 5.40. The maximum Gasteiger partial charge on any atom is 0.266 e. The second kappa shape index (κ2) is 10.1. The first-order valence-electron chi connectivity index (χ1n) is 8.50. The molecule has 0 saturated carbocycles. The van der Waals surface area contributed by atoms with Gasteiger partial charge in [0.05, 0.1) is 24.6 Å². The van der Waals surface area contributed by atoms with Crippen molar-refractivity contribution in [1.29, 1.82) is 5.26 Å². The van der Waals surface area contributed by atoms with Crippen molar-refractivity contribution in [2.24, 2.45) is 0 Å². The van der Waals surface area contributed by atoms with E-state index in [2.05, 4.69) is 23.4 Å². The van der Waals surface area contributed by atoms with Crippen molar-refractivity contribution >= 4 is 17.3 Å². The maximum absolute atomic E-state index is 12.5. The van der Waals surface area contributed by atoms with Crippen molar-refractivity contribution in [2.45, 2.75) is 0 Å². The number of hydrogen-bond acceptors (Lipinski definition) is 5. The fourth-order valence-electron chi connectivity index (χ4n) is 2.69. The molecule has 2 rings (SSSR count). The standard InChI is InChI=1S/C20H24N4O2/c1-3-9-24(10-4-2)20(25)17(15-21)16-22-18-7-5-6-8-19(18)23-11-13-26-14-12-23/h3-8,16,22H,1-2,9-14H2/b17-16-. The van der Waals surface area contributed by atoms with E-state index in [1.54, 1.807) is 12.2 Å². The molecule has 26 heavy (non-hydrogen) atoms. The number of para-hydroxylation sites is 2. The minimum atomic E-state index is -0.358. The Morgan fingerprint density at radius 2 is 1.92 bits per heavy atom. The van der Waals surface area contributed by atoms with E-state index in [1.165, 1.54) is 11.1 Å². The first-order chi connectivity index (χ1) is 12.7. The number of ether oxygens (including phenoxy) is 1. The number of nitriles is 1. The Hall–Kier alpha value is -3.04. The third kappa shape index (κ3) is 4.98. The molecule has 1 amide bonds. The number of morpholine rings is 1. The molecule has 1 aliphatic rings. The third-order valence-electron chi connectivity index (χ3n) is 3.96. The van der Waals surface area contributed by atoms with Gasteiger partial charge in [-0.25, -0.2) is 0 Å². The van der Waals surface area contributed by atoms with E-state index in [9.17, 15) is 10.1 Å². The van der Waals surface area contributed by atoms with Gasteiger partial charge in [-0.3, -0.25) is 4.79 Å². The summed E-state index contributed by atoms with van der Waals surface area (Å²) in [5, 5.41) is 12.5. The largest absolute Gasteiger partial charge is 0.378 e. The number of amides is 1. The van der Waals surface area contributed by atoms with E-state index in [1.807, 2.05) is 30.3 Å². The summed E-state index contributed by atoms with van der Waals surface area (Å²) in [5.74, 6) is -0.358. The van der Waals surface area contributed by atoms with Crippen molar-refractivity contribution in [3.05, 3.63) is 61.3 Å². The van der Waals surface area contributed by atoms with Crippen LogP contribution in [0.15, 0.2) is 61.3 Å². The zero-order chi connectivity index (χ0) is 18.8. The minimum Gasteiger partial charge on any atom is -0.378 e. The predicted molar refractivity (Wildman–Crippen MR) is 104 cm³/mol. The summed E-state index contributed by atoms with van der Waals surface area (Å²) in [5.41, 5.74) is 1.89. The monoisotopic (exact) mass is 352 g/mol. The summed E-state index contributed by atoms with van der Waals surface area (Å²) in [6.07, 6.45) is 4.70. The number of hydrogen-bond donors (Lipinski definition) is 1. The van der Waals surface area contributed by atoms with E-state index >= 15 is 0 Å². The van der Waals surface area contributed by atoms with Gasteiger partial charge < -0.3 is 19.9 Å². The van der Waals surface area contributed by atoms with Crippen LogP contribution in [0.1, 0.15) is 0 Å². The fraction of sp³-hybridized carbons (Fsp3) is 0.300. The summed E-state index contributed by atoms with van der Waals surface area (Å²) >= 11 is 0. The molecule has 1 N–H and O–H groups in total. The molecule has 0 atom stereocenters. The van der Waals surface area contributed by atoms with Gasteiger partial charge in [0.25, 0.3) is 5.91 Å². The van der Waals surface area contributed by atoms with Crippen LogP contribution in [0.2, 0.25) is 0 Å². The number of nitrogens with zero attached hydrogens (tertiary/aromatic N) is 3. The molecule has 0 aromatic heterocycles. The molecule has 0 aliphatic carbocycles. The van der Waals surface area contributed by atoms with Crippen LogP contribution in [0, 0.1) is 11.3 Å². The maximum atomic E-state index is 12.5. The highest BCUT2D eigenvalue weighted by atomic mass is 16.5. The number of nitrogens with one attached hydrogen (secondary N) is 1. The molecule has 6 nitrogen and oxygen atoms in total. The average molecular weight is 352 g/mol. The molecule has 0 radical (unpaired) electrons. The molecular weight excluding hydrogens is 328 g/mol. The Balaban J connectivity index is 2.18. The third-order valence-corrected chi connectivity index (χ3v) is 3.96. The molecule has 136 valence electrons. The van der Waals surface area contributed by atoms with Gasteiger partial charge in [0, 0.05) is 32.4 Å². The zero-order valence-corrected chi connectivity index (χ0v) is 14.9. The molecule has 6 heteroatoms. The van der Waals surface area contributed by atoms with Crippen LogP contribution in [0.5, 0.6) is 0 Å². The van der Waals surface area contributed by atoms with Crippen molar-refractivity contribution in [1.82, 2.24) is 4.90 Å². The normalized spacial score (nSPS) is 14.3. The van der Waals surface area contributed by atoms with Crippen LogP contribution in [0.4, 0.5) is 11.4 Å². The number of rotatable bonds is 8. The van der Waals surface area contributed by atoms with Gasteiger partial charge in [-0.1, -0.05) is 24.3 Å². The van der Waals surface area contributed by atoms with Crippen LogP contribution in [-0.2, 0) is 9.53 Å². The van der Waals surface area contributed by atoms with Gasteiger partial charge in [-0.2, -0.15) is 5.26 Å². The Labute approximate surface area is 154 Å². The van der Waals surface area contributed by atoms with Gasteiger partial charge >= 0.3 is 0 Å². The smallest absolute Gasteiger partial charge is 0.266 e. The topological polar surface area (TPSA) is 68.6 Å². The minimum absolute atomic E-state index is 0.0329. The molecule has 1 saturated heterocycles. The van der Waals surface area contributed by atoms with Gasteiger partial charge in [-0.05, 0) is 12.1 Å². The number of benzene rings is 1. The number of carbonyl (C=O) groups excluding carboxylic acids is 1. The van der Waals surface area contributed by atoms with E-state index < -0.39 is 0 Å². The SMILES string of the molecule is C=CCN(CC=C)C(=O)/C(C#N)=C\Nc1ccccc1N1CCOCC1. The highest BCUT2D eigenvalue weighted by Crippen LogP contribution is 2.26. The molecule has 1 heterocycles. The second-order valence-electron chi connectivity index (χ2n) is 5.72. The molecular formula is C20H24N4O2. The van der Waals surface area contributed by atoms with Crippen LogP contribution >= 0.6 is 0 Å². The lowest BCUT2D eigenvalue weighted by atomic mass is 10.2. The summed E-state index contributed by atoms with van der Waals surface area (Å²) in [6, 6.07) is 9.78. The Bertz CT molecular complexity index is 705. The molecule has 1 fully saturated rings. The predicted octanol–water partition coefficient (Wildman–Crippen LogP) is 2.54. The van der Waals surface area contributed by atoms with Crippen LogP contribution in [0.25, 0.3) is 0 Å². The Morgan fingerprint density at radius 3 is 2.54 bits per heavy atom. The molecule has 0 unspecified atom stereocenters. The summed E-state index contributed by atoms with van der Waals surface area (Å²) in [6.45, 7) is 11.0. The van der Waals surface area contributed by atoms with Crippen LogP contribution in [-0.4, -0.2) is 50.2 Å². The van der Waals surface area contributed by atoms with Gasteiger partial charge in [0.15, 0.2) is 0 Å². The molecule has 0 bridgehead atoms. The lowest BCUT2D eigenvalue weighted by molar-refractivity contribution is -0.125. The Kier molecular flexibility index (Phi) is 7.47. The van der Waals surface area contributed by atoms with Crippen molar-refractivity contribution in [3.8, 4) is 6.07 Å². The van der Waals surface area contributed by atoms with Crippen molar-refractivity contribution < 1.29 is 9.53 Å². The fourth-order valence-corrected chi connectivity index (χ4v) is 2.69. The van der Waals surface area contributed by atoms with E-state index in [0.29, 0.717) is 26.3 Å². The lowest BCUT2D eigenvalue weighted by Gasteiger charge is -2.30. The molecule has 1 aliphatic heterocycles. The van der Waals surface area contributed by atoms with E-state index in [4.69, 9.17) is 4.74 Å². The number of anilines is 2. The highest BCUT2D eigenvalue weighted by Gasteiger charge is 2.17. The van der Waals surface area contributed by atoms with E-state index in [-0.39, 0.29) is 11.5 Å². The first kappa shape index (κ1) is 19.3. The van der Waals surface area contributed by atoms with Crippen LogP contribution in [0.3, 0.4) is 0 Å². The first-order valence-corrected chi connectivity index (χ1v) is 8.50. The van der Waals surface area contributed by atoms with Crippen molar-refractivity contribution in [3.63, 3.8) is 0 Å². The van der Waals surface area contributed by atoms with Crippen molar-refractivity contribution in [2.75, 3.05) is 49.6 Å². The zero-order valence-electron chi connectivity index (χ0n) is 14.9. The lowest BCUT2D eigenvalue weighted by Crippen LogP contribution is -2.36. The molecule has 0 spiro atoms. The Morgan fingerprint density at radius 1 is 1.27 bits per heavy atom. The van der Waals surface area contributed by atoms with Crippen LogP contribution < -0.4 is 10.2 Å². The van der Waals surface area contributed by atoms with E-state index in [0.717, 1.165) is 24.5 Å². The van der Waals surface area contributed by atoms with Gasteiger partial charge in [0.2, 0.25) is 0 Å². The molecule has 1 aromatic carbocycles. The average Bonchev–Trinajstić information content (AvgIpc) is 2.69. The van der Waals surface area contributed by atoms with Gasteiger partial charge in [-0.15, -0.1) is 13.2 Å². The summed E-state index contributed by atoms with van der Waals surface area (Å²) in [7, 11) is 0. The van der Waals surface area contributed by atoms with Gasteiger partial charge in [0.1, 0.15) is 11.6 Å². The molecule has 1 aromatic rings. The quantitative estimate of drug-likeness (QED) is 0.442.